The number of amides is 1. The lowest BCUT2D eigenvalue weighted by molar-refractivity contribution is 0.0763. The number of anilines is 1. The van der Waals surface area contributed by atoms with Crippen molar-refractivity contribution in [3.63, 3.8) is 0 Å². The summed E-state index contributed by atoms with van der Waals surface area (Å²) in [5, 5.41) is 5.67. The molecule has 0 radical (unpaired) electrons. The number of hydrogen-bond acceptors (Lipinski definition) is 7. The summed E-state index contributed by atoms with van der Waals surface area (Å²) in [4.78, 5) is 22.3. The molecule has 4 aromatic rings. The van der Waals surface area contributed by atoms with Crippen LogP contribution in [0.4, 0.5) is 5.13 Å². The van der Waals surface area contributed by atoms with E-state index in [1.54, 1.807) is 25.6 Å². The number of thiazole rings is 1. The number of carbonyl (C=O) groups excluding carboxylic acids is 1. The second-order valence-electron chi connectivity index (χ2n) is 8.18. The molecular weight excluding hydrogens is 450 g/mol. The lowest BCUT2D eigenvalue weighted by atomic mass is 10.1. The molecule has 8 nitrogen and oxygen atoms in total. The maximum Gasteiger partial charge on any atom is 0.257 e. The van der Waals surface area contributed by atoms with Gasteiger partial charge in [0.25, 0.3) is 5.91 Å². The van der Waals surface area contributed by atoms with Crippen LogP contribution in [-0.2, 0) is 0 Å². The minimum Gasteiger partial charge on any atom is -0.497 e. The van der Waals surface area contributed by atoms with Crippen LogP contribution in [0.2, 0.25) is 0 Å². The number of aryl methyl sites for hydroxylation is 1. The quantitative estimate of drug-likeness (QED) is 0.430. The van der Waals surface area contributed by atoms with Crippen molar-refractivity contribution in [2.75, 3.05) is 45.3 Å². The summed E-state index contributed by atoms with van der Waals surface area (Å²) in [7, 11) is 3.25. The molecule has 34 heavy (non-hydrogen) atoms. The molecule has 5 rings (SSSR count). The third-order valence-corrected chi connectivity index (χ3v) is 7.30. The summed E-state index contributed by atoms with van der Waals surface area (Å²) >= 11 is 1.66. The Labute approximate surface area is 202 Å². The van der Waals surface area contributed by atoms with Crippen molar-refractivity contribution < 1.29 is 14.3 Å². The molecule has 0 unspecified atom stereocenters. The molecule has 0 spiro atoms. The Morgan fingerprint density at radius 1 is 0.971 bits per heavy atom. The largest absolute Gasteiger partial charge is 0.497 e. The molecule has 2 aromatic heterocycles. The molecule has 9 heteroatoms. The van der Waals surface area contributed by atoms with Gasteiger partial charge in [-0.15, -0.1) is 0 Å². The Morgan fingerprint density at radius 3 is 2.53 bits per heavy atom. The van der Waals surface area contributed by atoms with E-state index in [0.29, 0.717) is 24.4 Å². The van der Waals surface area contributed by atoms with Gasteiger partial charge in [0.15, 0.2) is 10.8 Å². The molecule has 0 bridgehead atoms. The highest BCUT2D eigenvalue weighted by Gasteiger charge is 2.25. The van der Waals surface area contributed by atoms with Crippen LogP contribution in [-0.4, -0.2) is 66.0 Å². The smallest absolute Gasteiger partial charge is 0.257 e. The number of methoxy groups -OCH3 is 2. The normalized spacial score (nSPS) is 14.3. The zero-order valence-corrected chi connectivity index (χ0v) is 20.3. The van der Waals surface area contributed by atoms with Gasteiger partial charge in [0.05, 0.1) is 35.9 Å². The van der Waals surface area contributed by atoms with E-state index in [9.17, 15) is 4.79 Å². The summed E-state index contributed by atoms with van der Waals surface area (Å²) in [6, 6.07) is 15.2. The zero-order chi connectivity index (χ0) is 23.7. The van der Waals surface area contributed by atoms with Gasteiger partial charge < -0.3 is 19.3 Å². The van der Waals surface area contributed by atoms with Gasteiger partial charge in [-0.25, -0.2) is 4.68 Å². The highest BCUT2D eigenvalue weighted by molar-refractivity contribution is 7.22. The van der Waals surface area contributed by atoms with Crippen molar-refractivity contribution in [1.82, 2.24) is 19.7 Å². The Hall–Kier alpha value is -3.59. The SMILES string of the molecule is COc1ccc(-n2nc(C)c3sc(N4CCCN(C(=O)c5ccccc5OC)CC4)nc32)cc1. The van der Waals surface area contributed by atoms with Gasteiger partial charge in [0.1, 0.15) is 11.5 Å². The molecular formula is C25H27N5O3S. The summed E-state index contributed by atoms with van der Waals surface area (Å²) in [5.41, 5.74) is 3.36. The molecule has 1 saturated heterocycles. The van der Waals surface area contributed by atoms with Crippen molar-refractivity contribution >= 4 is 32.7 Å². The number of fused-ring (bicyclic) bond motifs is 1. The first-order chi connectivity index (χ1) is 16.6. The summed E-state index contributed by atoms with van der Waals surface area (Å²) in [5.74, 6) is 1.42. The van der Waals surface area contributed by atoms with Gasteiger partial charge in [0.2, 0.25) is 0 Å². The highest BCUT2D eigenvalue weighted by atomic mass is 32.1. The number of benzene rings is 2. The van der Waals surface area contributed by atoms with E-state index in [1.165, 1.54) is 0 Å². The fourth-order valence-electron chi connectivity index (χ4n) is 4.27. The van der Waals surface area contributed by atoms with Gasteiger partial charge >= 0.3 is 0 Å². The number of carbonyl (C=O) groups is 1. The minimum absolute atomic E-state index is 0.00888. The van der Waals surface area contributed by atoms with E-state index >= 15 is 0 Å². The molecule has 2 aromatic carbocycles. The number of para-hydroxylation sites is 1. The maximum atomic E-state index is 13.2. The molecule has 0 atom stereocenters. The van der Waals surface area contributed by atoms with E-state index in [4.69, 9.17) is 19.6 Å². The summed E-state index contributed by atoms with van der Waals surface area (Å²) in [6.45, 7) is 4.93. The van der Waals surface area contributed by atoms with Crippen molar-refractivity contribution in [2.45, 2.75) is 13.3 Å². The predicted octanol–water partition coefficient (Wildman–Crippen LogP) is 4.16. The zero-order valence-electron chi connectivity index (χ0n) is 19.5. The first-order valence-corrected chi connectivity index (χ1v) is 12.1. The molecule has 1 amide bonds. The second kappa shape index (κ2) is 9.34. The number of nitrogens with zero attached hydrogens (tertiary/aromatic N) is 5. The molecule has 0 saturated carbocycles. The maximum absolute atomic E-state index is 13.2. The third kappa shape index (κ3) is 4.07. The van der Waals surface area contributed by atoms with Crippen molar-refractivity contribution in [2.24, 2.45) is 0 Å². The molecule has 1 aliphatic heterocycles. The van der Waals surface area contributed by atoms with Crippen molar-refractivity contribution in [3.8, 4) is 17.2 Å². The lowest BCUT2D eigenvalue weighted by Crippen LogP contribution is -2.35. The van der Waals surface area contributed by atoms with Gasteiger partial charge in [-0.2, -0.15) is 10.1 Å². The van der Waals surface area contributed by atoms with E-state index in [2.05, 4.69) is 4.90 Å². The predicted molar refractivity (Wildman–Crippen MR) is 134 cm³/mol. The average Bonchev–Trinajstić information content (AvgIpc) is 3.34. The first kappa shape index (κ1) is 22.2. The number of ether oxygens (including phenoxy) is 2. The van der Waals surface area contributed by atoms with Crippen molar-refractivity contribution in [3.05, 3.63) is 59.8 Å². The van der Waals surface area contributed by atoms with Gasteiger partial charge in [-0.3, -0.25) is 4.79 Å². The Morgan fingerprint density at radius 2 is 1.76 bits per heavy atom. The van der Waals surface area contributed by atoms with Crippen LogP contribution in [0, 0.1) is 6.92 Å². The molecule has 1 aliphatic rings. The van der Waals surface area contributed by atoms with Gasteiger partial charge in [-0.1, -0.05) is 23.5 Å². The lowest BCUT2D eigenvalue weighted by Gasteiger charge is -2.22. The summed E-state index contributed by atoms with van der Waals surface area (Å²) in [6.07, 6.45) is 0.875. The van der Waals surface area contributed by atoms with Crippen molar-refractivity contribution in [1.29, 1.82) is 0 Å². The molecule has 3 heterocycles. The van der Waals surface area contributed by atoms with E-state index in [1.807, 2.05) is 65.0 Å². The topological polar surface area (TPSA) is 72.7 Å². The van der Waals surface area contributed by atoms with Crippen LogP contribution >= 0.6 is 11.3 Å². The van der Waals surface area contributed by atoms with Crippen LogP contribution in [0.5, 0.6) is 11.5 Å². The monoisotopic (exact) mass is 477 g/mol. The minimum atomic E-state index is 0.00888. The van der Waals surface area contributed by atoms with Crippen LogP contribution in [0.1, 0.15) is 22.5 Å². The van der Waals surface area contributed by atoms with E-state index in [-0.39, 0.29) is 5.91 Å². The van der Waals surface area contributed by atoms with Crippen LogP contribution in [0.25, 0.3) is 16.0 Å². The third-order valence-electron chi connectivity index (χ3n) is 6.09. The highest BCUT2D eigenvalue weighted by Crippen LogP contribution is 2.33. The van der Waals surface area contributed by atoms with E-state index < -0.39 is 0 Å². The molecule has 1 fully saturated rings. The van der Waals surface area contributed by atoms with Gasteiger partial charge in [0, 0.05) is 26.2 Å². The average molecular weight is 478 g/mol. The molecule has 176 valence electrons. The fraction of sp³-hybridized carbons (Fsp3) is 0.320. The summed E-state index contributed by atoms with van der Waals surface area (Å²) < 4.78 is 13.6. The molecule has 0 N–H and O–H groups in total. The second-order valence-corrected chi connectivity index (χ2v) is 9.16. The number of aromatic nitrogens is 3. The van der Waals surface area contributed by atoms with E-state index in [0.717, 1.165) is 52.1 Å². The standard InChI is InChI=1S/C25H27N5O3S/c1-17-22-23(30(27-17)18-9-11-19(32-2)12-10-18)26-25(34-22)29-14-6-13-28(15-16-29)24(31)20-7-4-5-8-21(20)33-3/h4-5,7-12H,6,13-16H2,1-3H3. The van der Waals surface area contributed by atoms with Crippen LogP contribution < -0.4 is 14.4 Å². The first-order valence-electron chi connectivity index (χ1n) is 11.3. The number of rotatable bonds is 5. The Balaban J connectivity index is 1.37. The fourth-order valence-corrected chi connectivity index (χ4v) is 5.30. The number of hydrogen-bond donors (Lipinski definition) is 0. The van der Waals surface area contributed by atoms with Crippen LogP contribution in [0.3, 0.4) is 0 Å². The molecule has 0 aliphatic carbocycles. The van der Waals surface area contributed by atoms with Gasteiger partial charge in [-0.05, 0) is 49.7 Å². The Bertz CT molecular complexity index is 1310. The Kier molecular flexibility index (Phi) is 6.10. The van der Waals surface area contributed by atoms with Crippen LogP contribution in [0.15, 0.2) is 48.5 Å².